The molecule has 4 nitrogen and oxygen atoms in total. The number of hydrogen-bond acceptors (Lipinski definition) is 3. The zero-order valence-electron chi connectivity index (χ0n) is 12.1. The topological polar surface area (TPSA) is 77.8 Å². The molecule has 0 amide bonds. The fourth-order valence-electron chi connectivity index (χ4n) is 2.19. The van der Waals surface area contributed by atoms with Crippen LogP contribution in [0.15, 0.2) is 12.1 Å². The van der Waals surface area contributed by atoms with Crippen molar-refractivity contribution in [2.75, 3.05) is 0 Å². The smallest absolute Gasteiger partial charge is 0.304 e. The molecule has 0 atom stereocenters. The van der Waals surface area contributed by atoms with Crippen molar-refractivity contribution in [1.82, 2.24) is 0 Å². The summed E-state index contributed by atoms with van der Waals surface area (Å²) >= 11 is 0. The molecular weight excluding hydrogens is 244 g/mol. The van der Waals surface area contributed by atoms with Crippen LogP contribution in [-0.4, -0.2) is 21.3 Å². The van der Waals surface area contributed by atoms with Crippen molar-refractivity contribution in [3.63, 3.8) is 0 Å². The number of rotatable bonds is 3. The Morgan fingerprint density at radius 2 is 1.42 bits per heavy atom. The number of benzene rings is 1. The quantitative estimate of drug-likeness (QED) is 0.734. The van der Waals surface area contributed by atoms with Crippen LogP contribution in [0, 0.1) is 0 Å². The normalized spacial score (nSPS) is 12.5. The van der Waals surface area contributed by atoms with Gasteiger partial charge in [0, 0.05) is 16.5 Å². The number of carboxylic acid groups (broad SMARTS) is 1. The standard InChI is InChI=1S/C15H22O4/c1-14(2,3)9-6-12(17)10(7-11(9)16)15(4,5)8-13(18)19/h6-7,16-17H,8H2,1-5H3,(H,18,19). The molecule has 0 saturated carbocycles. The molecule has 0 saturated heterocycles. The molecule has 0 bridgehead atoms. The van der Waals surface area contributed by atoms with E-state index in [1.807, 2.05) is 20.8 Å². The molecule has 0 aliphatic heterocycles. The third-order valence-corrected chi connectivity index (χ3v) is 3.24. The molecule has 0 heterocycles. The minimum absolute atomic E-state index is 0.0222. The zero-order chi connectivity index (χ0) is 15.0. The summed E-state index contributed by atoms with van der Waals surface area (Å²) < 4.78 is 0. The minimum atomic E-state index is -0.941. The Morgan fingerprint density at radius 1 is 1.00 bits per heavy atom. The highest BCUT2D eigenvalue weighted by Gasteiger charge is 2.29. The predicted molar refractivity (Wildman–Crippen MR) is 73.8 cm³/mol. The van der Waals surface area contributed by atoms with E-state index in [9.17, 15) is 15.0 Å². The molecule has 0 radical (unpaired) electrons. The van der Waals surface area contributed by atoms with Crippen LogP contribution < -0.4 is 0 Å². The van der Waals surface area contributed by atoms with Gasteiger partial charge in [-0.05, 0) is 17.5 Å². The number of carboxylic acids is 1. The van der Waals surface area contributed by atoms with Crippen LogP contribution in [0.3, 0.4) is 0 Å². The summed E-state index contributed by atoms with van der Waals surface area (Å²) in [6, 6.07) is 2.99. The van der Waals surface area contributed by atoms with Crippen molar-refractivity contribution in [3.8, 4) is 11.5 Å². The van der Waals surface area contributed by atoms with Crippen molar-refractivity contribution < 1.29 is 20.1 Å². The van der Waals surface area contributed by atoms with Gasteiger partial charge in [-0.2, -0.15) is 0 Å². The summed E-state index contributed by atoms with van der Waals surface area (Å²) in [6.45, 7) is 9.26. The van der Waals surface area contributed by atoms with E-state index >= 15 is 0 Å². The summed E-state index contributed by atoms with van der Waals surface area (Å²) in [7, 11) is 0. The van der Waals surface area contributed by atoms with Crippen molar-refractivity contribution in [2.24, 2.45) is 0 Å². The molecule has 0 aromatic heterocycles. The van der Waals surface area contributed by atoms with Gasteiger partial charge in [0.05, 0.1) is 6.42 Å². The molecule has 19 heavy (non-hydrogen) atoms. The molecule has 106 valence electrons. The summed E-state index contributed by atoms with van der Waals surface area (Å²) in [4.78, 5) is 10.9. The van der Waals surface area contributed by atoms with E-state index in [0.717, 1.165) is 0 Å². The van der Waals surface area contributed by atoms with Crippen LogP contribution >= 0.6 is 0 Å². The van der Waals surface area contributed by atoms with Gasteiger partial charge in [-0.3, -0.25) is 4.79 Å². The van der Waals surface area contributed by atoms with Crippen LogP contribution in [0.2, 0.25) is 0 Å². The maximum Gasteiger partial charge on any atom is 0.304 e. The van der Waals surface area contributed by atoms with Gasteiger partial charge in [0.1, 0.15) is 11.5 Å². The Balaban J connectivity index is 3.34. The first-order valence-electron chi connectivity index (χ1n) is 6.24. The van der Waals surface area contributed by atoms with Crippen LogP contribution in [0.25, 0.3) is 0 Å². The van der Waals surface area contributed by atoms with Gasteiger partial charge in [-0.1, -0.05) is 34.6 Å². The van der Waals surface area contributed by atoms with Gasteiger partial charge in [-0.25, -0.2) is 0 Å². The Labute approximate surface area is 113 Å². The van der Waals surface area contributed by atoms with Crippen LogP contribution in [0.4, 0.5) is 0 Å². The van der Waals surface area contributed by atoms with E-state index in [2.05, 4.69) is 0 Å². The maximum atomic E-state index is 10.9. The summed E-state index contributed by atoms with van der Waals surface area (Å²) in [6.07, 6.45) is -0.116. The van der Waals surface area contributed by atoms with Crippen molar-refractivity contribution in [1.29, 1.82) is 0 Å². The zero-order valence-corrected chi connectivity index (χ0v) is 12.1. The van der Waals surface area contributed by atoms with E-state index in [1.165, 1.54) is 12.1 Å². The lowest BCUT2D eigenvalue weighted by Gasteiger charge is -2.27. The van der Waals surface area contributed by atoms with E-state index in [4.69, 9.17) is 5.11 Å². The average molecular weight is 266 g/mol. The number of phenolic OH excluding ortho intramolecular Hbond substituents is 2. The highest BCUT2D eigenvalue weighted by molar-refractivity contribution is 5.69. The number of hydrogen-bond donors (Lipinski definition) is 3. The number of phenols is 2. The Bertz CT molecular complexity index is 496. The first-order valence-corrected chi connectivity index (χ1v) is 6.24. The Hall–Kier alpha value is -1.71. The van der Waals surface area contributed by atoms with Gasteiger partial charge in [0.2, 0.25) is 0 Å². The predicted octanol–water partition coefficient (Wildman–Crippen LogP) is 3.15. The third-order valence-electron chi connectivity index (χ3n) is 3.24. The van der Waals surface area contributed by atoms with Crippen molar-refractivity contribution in [3.05, 3.63) is 23.3 Å². The lowest BCUT2D eigenvalue weighted by atomic mass is 9.78. The summed E-state index contributed by atoms with van der Waals surface area (Å²) in [5.41, 5.74) is 0.0428. The summed E-state index contributed by atoms with van der Waals surface area (Å²) in [5, 5.41) is 29.1. The summed E-state index contributed by atoms with van der Waals surface area (Å²) in [5.74, 6) is -0.837. The number of aliphatic carboxylic acids is 1. The first kappa shape index (κ1) is 15.3. The average Bonchev–Trinajstić information content (AvgIpc) is 2.17. The fraction of sp³-hybridized carbons (Fsp3) is 0.533. The molecule has 0 aliphatic carbocycles. The highest BCUT2D eigenvalue weighted by atomic mass is 16.4. The second-order valence-corrected chi connectivity index (χ2v) is 6.59. The van der Waals surface area contributed by atoms with E-state index in [0.29, 0.717) is 11.1 Å². The second kappa shape index (κ2) is 4.76. The lowest BCUT2D eigenvalue weighted by Crippen LogP contribution is -2.22. The Kier molecular flexibility index (Phi) is 3.84. The Morgan fingerprint density at radius 3 is 1.84 bits per heavy atom. The van der Waals surface area contributed by atoms with E-state index < -0.39 is 11.4 Å². The lowest BCUT2D eigenvalue weighted by molar-refractivity contribution is -0.138. The van der Waals surface area contributed by atoms with Gasteiger partial charge >= 0.3 is 5.97 Å². The second-order valence-electron chi connectivity index (χ2n) is 6.59. The molecule has 4 heteroatoms. The van der Waals surface area contributed by atoms with Gasteiger partial charge < -0.3 is 15.3 Å². The molecular formula is C15H22O4. The van der Waals surface area contributed by atoms with Crippen LogP contribution in [0.5, 0.6) is 11.5 Å². The molecule has 3 N–H and O–H groups in total. The fourth-order valence-corrected chi connectivity index (χ4v) is 2.19. The van der Waals surface area contributed by atoms with Gasteiger partial charge in [0.25, 0.3) is 0 Å². The molecule has 0 spiro atoms. The molecule has 0 unspecified atom stereocenters. The number of aromatic hydroxyl groups is 2. The highest BCUT2D eigenvalue weighted by Crippen LogP contribution is 2.41. The molecule has 1 aromatic rings. The SMILES string of the molecule is CC(C)(C)c1cc(O)c(C(C)(C)CC(=O)O)cc1O. The maximum absolute atomic E-state index is 10.9. The number of carbonyl (C=O) groups is 1. The van der Waals surface area contributed by atoms with E-state index in [1.54, 1.807) is 13.8 Å². The first-order chi connectivity index (χ1) is 8.45. The monoisotopic (exact) mass is 266 g/mol. The largest absolute Gasteiger partial charge is 0.508 e. The van der Waals surface area contributed by atoms with E-state index in [-0.39, 0.29) is 23.3 Å². The molecule has 1 aromatic carbocycles. The van der Waals surface area contributed by atoms with Gasteiger partial charge in [0.15, 0.2) is 0 Å². The van der Waals surface area contributed by atoms with Crippen molar-refractivity contribution >= 4 is 5.97 Å². The van der Waals surface area contributed by atoms with Gasteiger partial charge in [-0.15, -0.1) is 0 Å². The van der Waals surface area contributed by atoms with Crippen LogP contribution in [-0.2, 0) is 15.6 Å². The molecule has 0 fully saturated rings. The third kappa shape index (κ3) is 3.40. The minimum Gasteiger partial charge on any atom is -0.508 e. The van der Waals surface area contributed by atoms with Crippen molar-refractivity contribution in [2.45, 2.75) is 51.9 Å². The van der Waals surface area contributed by atoms with Crippen LogP contribution in [0.1, 0.15) is 52.2 Å². The molecule has 0 aliphatic rings. The molecule has 1 rings (SSSR count).